The van der Waals surface area contributed by atoms with Gasteiger partial charge in [-0.2, -0.15) is 0 Å². The van der Waals surface area contributed by atoms with Gasteiger partial charge in [-0.1, -0.05) is 0 Å². The zero-order valence-corrected chi connectivity index (χ0v) is 11.9. The maximum Gasteiger partial charge on any atom is 0.306 e. The SMILES string of the molecule is CCOc1cc(NCC(CC(=O)O)OC)cc([N+](=O)[O-])c1. The highest BCUT2D eigenvalue weighted by atomic mass is 16.6. The summed E-state index contributed by atoms with van der Waals surface area (Å²) in [6, 6.07) is 4.31. The minimum atomic E-state index is -0.974. The van der Waals surface area contributed by atoms with Crippen molar-refractivity contribution >= 4 is 17.3 Å². The van der Waals surface area contributed by atoms with Crippen molar-refractivity contribution in [1.82, 2.24) is 0 Å². The standard InChI is InChI=1S/C13H18N2O6/c1-3-21-11-5-9(4-10(6-11)15(18)19)14-8-12(20-2)7-13(16)17/h4-6,12,14H,3,7-8H2,1-2H3,(H,16,17). The molecule has 0 heterocycles. The number of aliphatic carboxylic acids is 1. The zero-order valence-electron chi connectivity index (χ0n) is 11.9. The zero-order chi connectivity index (χ0) is 15.8. The van der Waals surface area contributed by atoms with Crippen LogP contribution in [-0.2, 0) is 9.53 Å². The second-order valence-corrected chi connectivity index (χ2v) is 4.24. The smallest absolute Gasteiger partial charge is 0.306 e. The molecule has 1 rings (SSSR count). The Balaban J connectivity index is 2.81. The number of anilines is 1. The number of methoxy groups -OCH3 is 1. The van der Waals surface area contributed by atoms with Crippen LogP contribution in [0.2, 0.25) is 0 Å². The van der Waals surface area contributed by atoms with E-state index in [1.165, 1.54) is 19.2 Å². The third-order valence-electron chi connectivity index (χ3n) is 2.68. The predicted molar refractivity (Wildman–Crippen MR) is 75.8 cm³/mol. The van der Waals surface area contributed by atoms with Gasteiger partial charge in [0.1, 0.15) is 5.75 Å². The van der Waals surface area contributed by atoms with Crippen LogP contribution in [-0.4, -0.2) is 42.4 Å². The van der Waals surface area contributed by atoms with Crippen molar-refractivity contribution in [3.63, 3.8) is 0 Å². The Hall–Kier alpha value is -2.35. The monoisotopic (exact) mass is 298 g/mol. The Labute approximate surface area is 121 Å². The lowest BCUT2D eigenvalue weighted by atomic mass is 10.2. The second kappa shape index (κ2) is 8.05. The van der Waals surface area contributed by atoms with E-state index < -0.39 is 17.0 Å². The summed E-state index contributed by atoms with van der Waals surface area (Å²) < 4.78 is 10.3. The van der Waals surface area contributed by atoms with Crippen LogP contribution in [0.4, 0.5) is 11.4 Å². The molecule has 0 saturated carbocycles. The average Bonchev–Trinajstić information content (AvgIpc) is 2.43. The Kier molecular flexibility index (Phi) is 6.41. The summed E-state index contributed by atoms with van der Waals surface area (Å²) in [5.74, 6) is -0.598. The first-order chi connectivity index (χ1) is 9.96. The van der Waals surface area contributed by atoms with Crippen LogP contribution < -0.4 is 10.1 Å². The van der Waals surface area contributed by atoms with E-state index in [9.17, 15) is 14.9 Å². The van der Waals surface area contributed by atoms with Gasteiger partial charge < -0.3 is 19.9 Å². The lowest BCUT2D eigenvalue weighted by molar-refractivity contribution is -0.384. The molecule has 116 valence electrons. The van der Waals surface area contributed by atoms with Crippen LogP contribution >= 0.6 is 0 Å². The van der Waals surface area contributed by atoms with Crippen molar-refractivity contribution < 1.29 is 24.3 Å². The second-order valence-electron chi connectivity index (χ2n) is 4.24. The number of hydrogen-bond donors (Lipinski definition) is 2. The van der Waals surface area contributed by atoms with E-state index in [0.29, 0.717) is 18.0 Å². The van der Waals surface area contributed by atoms with Gasteiger partial charge in [-0.05, 0) is 6.92 Å². The van der Waals surface area contributed by atoms with Crippen LogP contribution in [0.3, 0.4) is 0 Å². The minimum absolute atomic E-state index is 0.101. The summed E-state index contributed by atoms with van der Waals surface area (Å²) >= 11 is 0. The molecule has 21 heavy (non-hydrogen) atoms. The van der Waals surface area contributed by atoms with E-state index in [1.807, 2.05) is 0 Å². The fraction of sp³-hybridized carbons (Fsp3) is 0.462. The van der Waals surface area contributed by atoms with Gasteiger partial charge in [0.2, 0.25) is 0 Å². The summed E-state index contributed by atoms with van der Waals surface area (Å²) in [5, 5.41) is 22.5. The van der Waals surface area contributed by atoms with Crippen molar-refractivity contribution in [2.45, 2.75) is 19.4 Å². The molecule has 0 amide bonds. The molecule has 0 aliphatic rings. The van der Waals surface area contributed by atoms with Crippen molar-refractivity contribution in [2.75, 3.05) is 25.6 Å². The van der Waals surface area contributed by atoms with E-state index in [0.717, 1.165) is 0 Å². The molecule has 0 radical (unpaired) electrons. The number of ether oxygens (including phenoxy) is 2. The van der Waals surface area contributed by atoms with Crippen molar-refractivity contribution in [1.29, 1.82) is 0 Å². The molecule has 8 nitrogen and oxygen atoms in total. The molecule has 0 fully saturated rings. The van der Waals surface area contributed by atoms with Crippen LogP contribution in [0, 0.1) is 10.1 Å². The molecule has 0 aromatic heterocycles. The predicted octanol–water partition coefficient (Wildman–Crippen LogP) is 1.90. The summed E-state index contributed by atoms with van der Waals surface area (Å²) in [6.45, 7) is 2.38. The Morgan fingerprint density at radius 2 is 2.19 bits per heavy atom. The van der Waals surface area contributed by atoms with Gasteiger partial charge >= 0.3 is 5.97 Å². The summed E-state index contributed by atoms with van der Waals surface area (Å²) in [6.07, 6.45) is -0.686. The largest absolute Gasteiger partial charge is 0.494 e. The molecular formula is C13H18N2O6. The molecule has 0 spiro atoms. The maximum atomic E-state index is 10.9. The normalized spacial score (nSPS) is 11.7. The maximum absolute atomic E-state index is 10.9. The molecule has 0 aliphatic heterocycles. The highest BCUT2D eigenvalue weighted by molar-refractivity contribution is 5.67. The van der Waals surface area contributed by atoms with Crippen LogP contribution in [0.5, 0.6) is 5.75 Å². The van der Waals surface area contributed by atoms with Crippen molar-refractivity contribution in [3.8, 4) is 5.75 Å². The molecule has 1 aromatic carbocycles. The topological polar surface area (TPSA) is 111 Å². The van der Waals surface area contributed by atoms with Gasteiger partial charge in [0.15, 0.2) is 0 Å². The fourth-order valence-corrected chi connectivity index (χ4v) is 1.71. The highest BCUT2D eigenvalue weighted by Gasteiger charge is 2.14. The molecule has 2 N–H and O–H groups in total. The van der Waals surface area contributed by atoms with Gasteiger partial charge in [0.05, 0.1) is 30.1 Å². The molecule has 1 unspecified atom stereocenters. The van der Waals surface area contributed by atoms with Crippen LogP contribution in [0.15, 0.2) is 18.2 Å². The number of hydrogen-bond acceptors (Lipinski definition) is 6. The Morgan fingerprint density at radius 3 is 2.71 bits per heavy atom. The number of non-ortho nitro benzene ring substituents is 1. The van der Waals surface area contributed by atoms with Gasteiger partial charge in [0, 0.05) is 31.5 Å². The molecule has 0 aliphatic carbocycles. The first kappa shape index (κ1) is 16.7. The van der Waals surface area contributed by atoms with Crippen molar-refractivity contribution in [2.24, 2.45) is 0 Å². The number of carbonyl (C=O) groups is 1. The third kappa shape index (κ3) is 5.65. The summed E-state index contributed by atoms with van der Waals surface area (Å²) in [7, 11) is 1.41. The number of nitrogens with zero attached hydrogens (tertiary/aromatic N) is 1. The molecule has 1 aromatic rings. The Morgan fingerprint density at radius 1 is 1.48 bits per heavy atom. The minimum Gasteiger partial charge on any atom is -0.494 e. The number of nitrogens with one attached hydrogen (secondary N) is 1. The average molecular weight is 298 g/mol. The first-order valence-corrected chi connectivity index (χ1v) is 6.37. The summed E-state index contributed by atoms with van der Waals surface area (Å²) in [5.41, 5.74) is 0.371. The molecule has 0 bridgehead atoms. The number of rotatable bonds is 9. The number of carboxylic acid groups (broad SMARTS) is 1. The number of nitro groups is 1. The van der Waals surface area contributed by atoms with E-state index in [1.54, 1.807) is 13.0 Å². The molecule has 1 atom stereocenters. The van der Waals surface area contributed by atoms with Gasteiger partial charge in [-0.25, -0.2) is 0 Å². The van der Waals surface area contributed by atoms with E-state index in [2.05, 4.69) is 5.32 Å². The number of nitro benzene ring substituents is 1. The van der Waals surface area contributed by atoms with E-state index in [4.69, 9.17) is 14.6 Å². The van der Waals surface area contributed by atoms with Gasteiger partial charge in [-0.3, -0.25) is 14.9 Å². The lowest BCUT2D eigenvalue weighted by Crippen LogP contribution is -2.25. The van der Waals surface area contributed by atoms with Gasteiger partial charge in [0.25, 0.3) is 5.69 Å². The quantitative estimate of drug-likeness (QED) is 0.529. The van der Waals surface area contributed by atoms with Crippen LogP contribution in [0.25, 0.3) is 0 Å². The number of carboxylic acids is 1. The van der Waals surface area contributed by atoms with E-state index >= 15 is 0 Å². The molecular weight excluding hydrogens is 280 g/mol. The van der Waals surface area contributed by atoms with Gasteiger partial charge in [-0.15, -0.1) is 0 Å². The first-order valence-electron chi connectivity index (χ1n) is 6.37. The summed E-state index contributed by atoms with van der Waals surface area (Å²) in [4.78, 5) is 21.0. The molecule has 0 saturated heterocycles. The van der Waals surface area contributed by atoms with Crippen molar-refractivity contribution in [3.05, 3.63) is 28.3 Å². The highest BCUT2D eigenvalue weighted by Crippen LogP contribution is 2.26. The van der Waals surface area contributed by atoms with Crippen LogP contribution in [0.1, 0.15) is 13.3 Å². The fourth-order valence-electron chi connectivity index (χ4n) is 1.71. The number of benzene rings is 1. The molecule has 8 heteroatoms. The Bertz CT molecular complexity index is 505. The van der Waals surface area contributed by atoms with E-state index in [-0.39, 0.29) is 18.7 Å². The lowest BCUT2D eigenvalue weighted by Gasteiger charge is -2.15. The third-order valence-corrected chi connectivity index (χ3v) is 2.68.